The highest BCUT2D eigenvalue weighted by molar-refractivity contribution is 5.87. The number of benzene rings is 1. The van der Waals surface area contributed by atoms with Crippen LogP contribution in [0.5, 0.6) is 0 Å². The van der Waals surface area contributed by atoms with E-state index >= 15 is 0 Å². The third kappa shape index (κ3) is 3.29. The fourth-order valence-corrected chi connectivity index (χ4v) is 1.42. The molecule has 0 aliphatic carbocycles. The number of carbonyl (C=O) groups is 1. The van der Waals surface area contributed by atoms with E-state index in [9.17, 15) is 9.90 Å². The lowest BCUT2D eigenvalue weighted by molar-refractivity contribution is -0.146. The number of hydrogen-bond donors (Lipinski definition) is 1. The third-order valence-corrected chi connectivity index (χ3v) is 2.33. The molecule has 0 aliphatic heterocycles. The number of rotatable bonds is 5. The second-order valence-electron chi connectivity index (χ2n) is 3.69. The van der Waals surface area contributed by atoms with E-state index < -0.39 is 12.1 Å². The first-order valence-corrected chi connectivity index (χ1v) is 5.28. The van der Waals surface area contributed by atoms with Crippen molar-refractivity contribution >= 4 is 12.0 Å². The first-order chi connectivity index (χ1) is 8.10. The Kier molecular flexibility index (Phi) is 4.67. The highest BCUT2D eigenvalue weighted by Gasteiger charge is 2.18. The van der Waals surface area contributed by atoms with Crippen LogP contribution in [0.2, 0.25) is 0 Å². The van der Waals surface area contributed by atoms with Crippen LogP contribution in [0.4, 0.5) is 0 Å². The molecule has 0 saturated carbocycles. The molecular weight excluding hydrogens is 216 g/mol. The number of ether oxygens (including phenoxy) is 1. The highest BCUT2D eigenvalue weighted by Crippen LogP contribution is 2.22. The van der Waals surface area contributed by atoms with Crippen LogP contribution in [0.15, 0.2) is 43.0 Å². The second-order valence-corrected chi connectivity index (χ2v) is 3.69. The van der Waals surface area contributed by atoms with Crippen LogP contribution in [-0.2, 0) is 9.53 Å². The molecule has 1 N–H and O–H groups in total. The van der Waals surface area contributed by atoms with Crippen LogP contribution in [0.1, 0.15) is 24.2 Å². The van der Waals surface area contributed by atoms with Crippen molar-refractivity contribution in [3.05, 3.63) is 54.1 Å². The van der Waals surface area contributed by atoms with Gasteiger partial charge in [0.1, 0.15) is 0 Å². The van der Waals surface area contributed by atoms with Gasteiger partial charge in [0, 0.05) is 11.1 Å². The monoisotopic (exact) mass is 232 g/mol. The smallest absolute Gasteiger partial charge is 0.333 e. The fourth-order valence-electron chi connectivity index (χ4n) is 1.42. The predicted octanol–water partition coefficient (Wildman–Crippen LogP) is 2.48. The normalized spacial score (nSPS) is 11.6. The Hall–Kier alpha value is -1.87. The summed E-state index contributed by atoms with van der Waals surface area (Å²) < 4.78 is 5.15. The van der Waals surface area contributed by atoms with Gasteiger partial charge in [-0.15, -0.1) is 0 Å². The quantitative estimate of drug-likeness (QED) is 0.626. The summed E-state index contributed by atoms with van der Waals surface area (Å²) in [6.45, 7) is 8.48. The first-order valence-electron chi connectivity index (χ1n) is 5.28. The van der Waals surface area contributed by atoms with E-state index in [2.05, 4.69) is 13.2 Å². The minimum absolute atomic E-state index is 0.274. The van der Waals surface area contributed by atoms with Crippen molar-refractivity contribution in [2.24, 2.45) is 0 Å². The van der Waals surface area contributed by atoms with Gasteiger partial charge in [-0.1, -0.05) is 43.5 Å². The zero-order valence-electron chi connectivity index (χ0n) is 9.85. The Labute approximate surface area is 101 Å². The molecule has 1 rings (SSSR count). The van der Waals surface area contributed by atoms with Crippen LogP contribution in [0, 0.1) is 0 Å². The molecule has 90 valence electrons. The molecule has 17 heavy (non-hydrogen) atoms. The lowest BCUT2D eigenvalue weighted by atomic mass is 10.0. The lowest BCUT2D eigenvalue weighted by Gasteiger charge is -2.17. The van der Waals surface area contributed by atoms with E-state index in [0.717, 1.165) is 11.1 Å². The number of aliphatic hydroxyl groups is 1. The number of esters is 1. The van der Waals surface area contributed by atoms with Crippen molar-refractivity contribution in [1.29, 1.82) is 0 Å². The minimum Gasteiger partial charge on any atom is -0.452 e. The number of aliphatic hydroxyl groups excluding tert-OH is 1. The topological polar surface area (TPSA) is 46.5 Å². The average Bonchev–Trinajstić information content (AvgIpc) is 2.35. The molecule has 1 unspecified atom stereocenters. The summed E-state index contributed by atoms with van der Waals surface area (Å²) in [4.78, 5) is 11.4. The summed E-state index contributed by atoms with van der Waals surface area (Å²) >= 11 is 0. The lowest BCUT2D eigenvalue weighted by Crippen LogP contribution is -2.15. The molecule has 0 heterocycles. The maximum Gasteiger partial charge on any atom is 0.333 e. The first kappa shape index (κ1) is 13.2. The van der Waals surface area contributed by atoms with E-state index in [0.29, 0.717) is 5.57 Å². The molecule has 1 aromatic rings. The van der Waals surface area contributed by atoms with Crippen molar-refractivity contribution in [3.8, 4) is 0 Å². The summed E-state index contributed by atoms with van der Waals surface area (Å²) in [5, 5.41) is 9.29. The van der Waals surface area contributed by atoms with Crippen molar-refractivity contribution in [3.63, 3.8) is 0 Å². The predicted molar refractivity (Wildman–Crippen MR) is 67.3 cm³/mol. The van der Waals surface area contributed by atoms with Crippen molar-refractivity contribution in [1.82, 2.24) is 0 Å². The zero-order valence-corrected chi connectivity index (χ0v) is 9.85. The molecule has 0 bridgehead atoms. The largest absolute Gasteiger partial charge is 0.452 e. The van der Waals surface area contributed by atoms with Gasteiger partial charge in [-0.3, -0.25) is 0 Å². The molecule has 0 fully saturated rings. The molecule has 0 radical (unpaired) electrons. The molecule has 0 amide bonds. The van der Waals surface area contributed by atoms with E-state index in [-0.39, 0.29) is 6.61 Å². The Morgan fingerprint density at radius 3 is 2.71 bits per heavy atom. The maximum atomic E-state index is 11.4. The Morgan fingerprint density at radius 2 is 2.18 bits per heavy atom. The van der Waals surface area contributed by atoms with Crippen LogP contribution in [0.25, 0.3) is 6.08 Å². The molecule has 0 aromatic heterocycles. The Balaban J connectivity index is 2.97. The average molecular weight is 232 g/mol. The van der Waals surface area contributed by atoms with Crippen molar-refractivity contribution < 1.29 is 14.6 Å². The molecule has 0 spiro atoms. The summed E-state index contributed by atoms with van der Waals surface area (Å²) in [5.74, 6) is -0.511. The Morgan fingerprint density at radius 1 is 1.53 bits per heavy atom. The van der Waals surface area contributed by atoms with Crippen LogP contribution in [-0.4, -0.2) is 17.7 Å². The standard InChI is InChI=1S/C14H16O3/c1-4-11-7-5-6-8-12(11)13(9-15)17-14(16)10(2)3/h4-8,13,15H,1-2,9H2,3H3. The number of hydrogen-bond acceptors (Lipinski definition) is 3. The molecule has 3 heteroatoms. The van der Waals surface area contributed by atoms with Crippen molar-refractivity contribution in [2.75, 3.05) is 6.61 Å². The zero-order chi connectivity index (χ0) is 12.8. The molecule has 3 nitrogen and oxygen atoms in total. The molecule has 1 atom stereocenters. The van der Waals surface area contributed by atoms with Gasteiger partial charge in [-0.05, 0) is 12.5 Å². The number of carbonyl (C=O) groups excluding carboxylic acids is 1. The van der Waals surface area contributed by atoms with Crippen LogP contribution < -0.4 is 0 Å². The Bertz CT molecular complexity index is 435. The van der Waals surface area contributed by atoms with E-state index in [4.69, 9.17) is 4.74 Å². The summed E-state index contributed by atoms with van der Waals surface area (Å²) in [6.07, 6.45) is 0.973. The third-order valence-electron chi connectivity index (χ3n) is 2.33. The summed E-state index contributed by atoms with van der Waals surface area (Å²) in [5.41, 5.74) is 1.88. The van der Waals surface area contributed by atoms with Gasteiger partial charge in [0.2, 0.25) is 0 Å². The van der Waals surface area contributed by atoms with E-state index in [1.807, 2.05) is 18.2 Å². The van der Waals surface area contributed by atoms with Gasteiger partial charge in [0.15, 0.2) is 6.10 Å². The SMILES string of the molecule is C=Cc1ccccc1C(CO)OC(=O)C(=C)C. The molecular formula is C14H16O3. The van der Waals surface area contributed by atoms with E-state index in [1.54, 1.807) is 19.1 Å². The fraction of sp³-hybridized carbons (Fsp3) is 0.214. The highest BCUT2D eigenvalue weighted by atomic mass is 16.6. The minimum atomic E-state index is -0.687. The summed E-state index contributed by atoms with van der Waals surface area (Å²) in [7, 11) is 0. The van der Waals surface area contributed by atoms with Crippen LogP contribution in [0.3, 0.4) is 0 Å². The van der Waals surface area contributed by atoms with Gasteiger partial charge in [-0.2, -0.15) is 0 Å². The maximum absolute atomic E-state index is 11.4. The van der Waals surface area contributed by atoms with E-state index in [1.165, 1.54) is 0 Å². The van der Waals surface area contributed by atoms with Gasteiger partial charge in [0.25, 0.3) is 0 Å². The van der Waals surface area contributed by atoms with Gasteiger partial charge in [0.05, 0.1) is 6.61 Å². The van der Waals surface area contributed by atoms with Crippen LogP contribution >= 0.6 is 0 Å². The summed E-state index contributed by atoms with van der Waals surface area (Å²) in [6, 6.07) is 7.32. The van der Waals surface area contributed by atoms with Gasteiger partial charge >= 0.3 is 5.97 Å². The molecule has 0 aliphatic rings. The molecule has 0 saturated heterocycles. The van der Waals surface area contributed by atoms with Gasteiger partial charge in [-0.25, -0.2) is 4.79 Å². The van der Waals surface area contributed by atoms with Crippen molar-refractivity contribution in [2.45, 2.75) is 13.0 Å². The van der Waals surface area contributed by atoms with Gasteiger partial charge < -0.3 is 9.84 Å². The molecule has 1 aromatic carbocycles. The second kappa shape index (κ2) is 6.01.